The molecule has 1 aromatic heterocycles. The normalized spacial score (nSPS) is 9.58. The third-order valence-corrected chi connectivity index (χ3v) is 2.17. The maximum atomic E-state index is 11.8. The first-order valence-electron chi connectivity index (χ1n) is 5.87. The first kappa shape index (κ1) is 14.7. The van der Waals surface area contributed by atoms with E-state index >= 15 is 0 Å². The number of nitrogens with zero attached hydrogens (tertiary/aromatic N) is 1. The van der Waals surface area contributed by atoms with Crippen LogP contribution in [0.3, 0.4) is 0 Å². The summed E-state index contributed by atoms with van der Waals surface area (Å²) in [6.45, 7) is 3.55. The molecule has 0 fully saturated rings. The lowest BCUT2D eigenvalue weighted by Crippen LogP contribution is -2.22. The number of hydrogen-bond acceptors (Lipinski definition) is 6. The molecule has 0 aliphatic rings. The average Bonchev–Trinajstić information content (AvgIpc) is 2.40. The molecular weight excluding hydrogens is 248 g/mol. The first-order valence-corrected chi connectivity index (χ1v) is 5.87. The Morgan fingerprint density at radius 2 is 1.74 bits per heavy atom. The van der Waals surface area contributed by atoms with Crippen molar-refractivity contribution in [3.63, 3.8) is 0 Å². The number of pyridine rings is 1. The summed E-state index contributed by atoms with van der Waals surface area (Å²) in [5.74, 6) is -1.63. The van der Waals surface area contributed by atoms with E-state index in [2.05, 4.69) is 4.98 Å². The lowest BCUT2D eigenvalue weighted by atomic mass is 10.1. The summed E-state index contributed by atoms with van der Waals surface area (Å²) in [4.78, 5) is 27.6. The van der Waals surface area contributed by atoms with Gasteiger partial charge in [-0.3, -0.25) is 4.98 Å². The van der Waals surface area contributed by atoms with Crippen LogP contribution >= 0.6 is 0 Å². The summed E-state index contributed by atoms with van der Waals surface area (Å²) < 4.78 is 9.62. The fourth-order valence-electron chi connectivity index (χ4n) is 1.36. The van der Waals surface area contributed by atoms with Gasteiger partial charge in [-0.1, -0.05) is 6.07 Å². The van der Waals surface area contributed by atoms with Crippen LogP contribution in [0.5, 0.6) is 0 Å². The van der Waals surface area contributed by atoms with Gasteiger partial charge in [0.25, 0.3) is 0 Å². The van der Waals surface area contributed by atoms with Crippen LogP contribution in [-0.4, -0.2) is 30.1 Å². The van der Waals surface area contributed by atoms with Crippen molar-refractivity contribution in [2.45, 2.75) is 13.8 Å². The van der Waals surface area contributed by atoms with Gasteiger partial charge in [0, 0.05) is 6.20 Å². The SMILES string of the molecule is CCOC(=O)C(C(=O)OCC)=C(N)c1ccccn1. The predicted molar refractivity (Wildman–Crippen MR) is 68.6 cm³/mol. The monoisotopic (exact) mass is 264 g/mol. The van der Waals surface area contributed by atoms with Gasteiger partial charge >= 0.3 is 11.9 Å². The molecule has 6 heteroatoms. The molecule has 0 unspecified atom stereocenters. The Morgan fingerprint density at radius 1 is 1.16 bits per heavy atom. The van der Waals surface area contributed by atoms with E-state index in [0.717, 1.165) is 0 Å². The van der Waals surface area contributed by atoms with E-state index in [4.69, 9.17) is 15.2 Å². The van der Waals surface area contributed by atoms with Gasteiger partial charge in [0.1, 0.15) is 0 Å². The molecule has 0 atom stereocenters. The summed E-state index contributed by atoms with van der Waals surface area (Å²) >= 11 is 0. The minimum absolute atomic E-state index is 0.0579. The first-order chi connectivity index (χ1) is 9.11. The second-order valence-electron chi connectivity index (χ2n) is 3.44. The standard InChI is InChI=1S/C13H16N2O4/c1-3-18-12(16)10(13(17)19-4-2)11(14)9-7-5-6-8-15-9/h5-8H,3-4,14H2,1-2H3. The summed E-state index contributed by atoms with van der Waals surface area (Å²) in [5.41, 5.74) is 5.75. The van der Waals surface area contributed by atoms with Gasteiger partial charge in [0.15, 0.2) is 5.57 Å². The average molecular weight is 264 g/mol. The number of esters is 2. The lowest BCUT2D eigenvalue weighted by Gasteiger charge is -2.09. The van der Waals surface area contributed by atoms with Gasteiger partial charge in [-0.2, -0.15) is 0 Å². The van der Waals surface area contributed by atoms with Gasteiger partial charge in [-0.25, -0.2) is 9.59 Å². The highest BCUT2D eigenvalue weighted by Gasteiger charge is 2.25. The number of ether oxygens (including phenoxy) is 2. The van der Waals surface area contributed by atoms with Gasteiger partial charge in [-0.05, 0) is 26.0 Å². The molecule has 0 bridgehead atoms. The topological polar surface area (TPSA) is 91.5 Å². The van der Waals surface area contributed by atoms with E-state index in [1.165, 1.54) is 6.20 Å². The molecule has 0 aliphatic carbocycles. The van der Waals surface area contributed by atoms with E-state index in [1.807, 2.05) is 0 Å². The van der Waals surface area contributed by atoms with E-state index in [0.29, 0.717) is 5.69 Å². The van der Waals surface area contributed by atoms with Crippen LogP contribution < -0.4 is 5.73 Å². The number of rotatable bonds is 5. The second kappa shape index (κ2) is 7.15. The van der Waals surface area contributed by atoms with Crippen molar-refractivity contribution in [1.29, 1.82) is 0 Å². The molecule has 102 valence electrons. The fourth-order valence-corrected chi connectivity index (χ4v) is 1.36. The van der Waals surface area contributed by atoms with Crippen LogP contribution in [0.25, 0.3) is 5.70 Å². The van der Waals surface area contributed by atoms with Crippen molar-refractivity contribution in [3.8, 4) is 0 Å². The van der Waals surface area contributed by atoms with E-state index < -0.39 is 11.9 Å². The third-order valence-electron chi connectivity index (χ3n) is 2.17. The number of aromatic nitrogens is 1. The molecule has 1 rings (SSSR count). The second-order valence-corrected chi connectivity index (χ2v) is 3.44. The number of carbonyl (C=O) groups excluding carboxylic acids is 2. The molecule has 0 spiro atoms. The highest BCUT2D eigenvalue weighted by Crippen LogP contribution is 2.14. The molecule has 0 saturated carbocycles. The van der Waals surface area contributed by atoms with E-state index in [1.54, 1.807) is 32.0 Å². The van der Waals surface area contributed by atoms with Crippen molar-refractivity contribution in [2.75, 3.05) is 13.2 Å². The number of carbonyl (C=O) groups is 2. The Kier molecular flexibility index (Phi) is 5.53. The largest absolute Gasteiger partial charge is 0.462 e. The zero-order chi connectivity index (χ0) is 14.3. The molecule has 19 heavy (non-hydrogen) atoms. The molecule has 6 nitrogen and oxygen atoms in total. The summed E-state index contributed by atoms with van der Waals surface area (Å²) in [7, 11) is 0. The summed E-state index contributed by atoms with van der Waals surface area (Å²) in [5, 5.41) is 0. The van der Waals surface area contributed by atoms with Crippen LogP contribution in [0.15, 0.2) is 30.0 Å². The van der Waals surface area contributed by atoms with Crippen molar-refractivity contribution in [3.05, 3.63) is 35.7 Å². The lowest BCUT2D eigenvalue weighted by molar-refractivity contribution is -0.146. The van der Waals surface area contributed by atoms with Gasteiger partial charge in [0.2, 0.25) is 0 Å². The molecule has 0 amide bonds. The molecule has 0 aliphatic heterocycles. The molecule has 0 aromatic carbocycles. The smallest absolute Gasteiger partial charge is 0.347 e. The Morgan fingerprint density at radius 3 is 2.16 bits per heavy atom. The van der Waals surface area contributed by atoms with Crippen LogP contribution in [0.2, 0.25) is 0 Å². The Bertz CT molecular complexity index is 463. The third kappa shape index (κ3) is 3.80. The molecule has 1 aromatic rings. The van der Waals surface area contributed by atoms with E-state index in [-0.39, 0.29) is 24.5 Å². The van der Waals surface area contributed by atoms with Crippen LogP contribution in [0.4, 0.5) is 0 Å². The maximum absolute atomic E-state index is 11.8. The highest BCUT2D eigenvalue weighted by molar-refractivity contribution is 6.19. The summed E-state index contributed by atoms with van der Waals surface area (Å²) in [6, 6.07) is 4.99. The molecular formula is C13H16N2O4. The quantitative estimate of drug-likeness (QED) is 0.367. The van der Waals surface area contributed by atoms with Crippen LogP contribution in [0.1, 0.15) is 19.5 Å². The molecule has 2 N–H and O–H groups in total. The number of hydrogen-bond donors (Lipinski definition) is 1. The van der Waals surface area contributed by atoms with Gasteiger partial charge in [-0.15, -0.1) is 0 Å². The molecule has 1 heterocycles. The zero-order valence-corrected chi connectivity index (χ0v) is 10.9. The molecule has 0 saturated heterocycles. The van der Waals surface area contributed by atoms with Crippen molar-refractivity contribution >= 4 is 17.6 Å². The Labute approximate surface area is 111 Å². The molecule has 0 radical (unpaired) electrons. The minimum atomic E-state index is -0.816. The maximum Gasteiger partial charge on any atom is 0.347 e. The highest BCUT2D eigenvalue weighted by atomic mass is 16.6. The number of nitrogens with two attached hydrogens (primary N) is 1. The van der Waals surface area contributed by atoms with Crippen molar-refractivity contribution in [2.24, 2.45) is 5.73 Å². The van der Waals surface area contributed by atoms with Gasteiger partial charge in [0.05, 0.1) is 24.6 Å². The Balaban J connectivity index is 3.21. The predicted octanol–water partition coefficient (Wildman–Crippen LogP) is 0.878. The van der Waals surface area contributed by atoms with Crippen LogP contribution in [-0.2, 0) is 19.1 Å². The van der Waals surface area contributed by atoms with Crippen molar-refractivity contribution < 1.29 is 19.1 Å². The summed E-state index contributed by atoms with van der Waals surface area (Å²) in [6.07, 6.45) is 1.51. The van der Waals surface area contributed by atoms with E-state index in [9.17, 15) is 9.59 Å². The fraction of sp³-hybridized carbons (Fsp3) is 0.308. The Hall–Kier alpha value is -2.37. The van der Waals surface area contributed by atoms with Crippen LogP contribution in [0, 0.1) is 0 Å². The zero-order valence-electron chi connectivity index (χ0n) is 10.9. The minimum Gasteiger partial charge on any atom is -0.462 e. The van der Waals surface area contributed by atoms with Gasteiger partial charge < -0.3 is 15.2 Å². The van der Waals surface area contributed by atoms with Crippen molar-refractivity contribution in [1.82, 2.24) is 4.98 Å².